The molecule has 0 aliphatic carbocycles. The maximum absolute atomic E-state index is 13.2. The molecule has 0 unspecified atom stereocenters. The van der Waals surface area contributed by atoms with Crippen LogP contribution in [0.4, 0.5) is 10.1 Å². The number of hydrogen-bond acceptors (Lipinski definition) is 4. The van der Waals surface area contributed by atoms with Crippen LogP contribution < -0.4 is 4.90 Å². The third-order valence-electron chi connectivity index (χ3n) is 3.08. The lowest BCUT2D eigenvalue weighted by atomic mass is 10.1. The monoisotopic (exact) mass is 284 g/mol. The summed E-state index contributed by atoms with van der Waals surface area (Å²) >= 11 is 0. The number of hydrogen-bond donors (Lipinski definition) is 1. The lowest BCUT2D eigenvalue weighted by Crippen LogP contribution is -2.26. The Labute approximate surface area is 121 Å². The Kier molecular flexibility index (Phi) is 4.19. The van der Waals surface area contributed by atoms with Gasteiger partial charge in [-0.2, -0.15) is 5.26 Å². The molecule has 0 radical (unpaired) electrons. The Morgan fingerprint density at radius 2 is 2.05 bits per heavy atom. The number of rotatable bonds is 4. The number of aromatic hydroxyl groups is 1. The minimum absolute atomic E-state index is 0.0729. The van der Waals surface area contributed by atoms with Gasteiger partial charge in [-0.1, -0.05) is 12.1 Å². The average Bonchev–Trinajstić information content (AvgIpc) is 2.49. The van der Waals surface area contributed by atoms with E-state index in [0.29, 0.717) is 11.3 Å². The van der Waals surface area contributed by atoms with Crippen LogP contribution in [0.2, 0.25) is 0 Å². The van der Waals surface area contributed by atoms with E-state index >= 15 is 0 Å². The smallest absolute Gasteiger partial charge is 0.185 e. The molecule has 2 aromatic carbocycles. The molecule has 5 heteroatoms. The van der Waals surface area contributed by atoms with Crippen molar-refractivity contribution in [1.29, 1.82) is 5.26 Å². The number of anilines is 1. The highest BCUT2D eigenvalue weighted by molar-refractivity contribution is 6.01. The lowest BCUT2D eigenvalue weighted by Gasteiger charge is -2.19. The van der Waals surface area contributed by atoms with E-state index in [9.17, 15) is 14.3 Å². The Hall–Kier alpha value is -2.87. The van der Waals surface area contributed by atoms with Crippen LogP contribution in [0.3, 0.4) is 0 Å². The standard InChI is InChI=1S/C16H13FN2O2/c1-19(14-5-3-2-4-11(14)9-18)10-16(21)13-8-12(17)6-7-15(13)20/h2-8,20H,10H2,1H3. The normalized spacial score (nSPS) is 9.95. The minimum Gasteiger partial charge on any atom is -0.507 e. The van der Waals surface area contributed by atoms with Crippen LogP contribution in [0.5, 0.6) is 5.75 Å². The number of likely N-dealkylation sites (N-methyl/N-ethyl adjacent to an activating group) is 1. The SMILES string of the molecule is CN(CC(=O)c1cc(F)ccc1O)c1ccccc1C#N. The number of phenolic OH excluding ortho intramolecular Hbond substituents is 1. The predicted octanol–water partition coefficient (Wildman–Crippen LogP) is 2.72. The summed E-state index contributed by atoms with van der Waals surface area (Å²) in [7, 11) is 1.66. The molecule has 21 heavy (non-hydrogen) atoms. The molecule has 1 N–H and O–H groups in total. The van der Waals surface area contributed by atoms with Gasteiger partial charge in [0.25, 0.3) is 0 Å². The summed E-state index contributed by atoms with van der Waals surface area (Å²) in [6, 6.07) is 12.1. The number of ketones is 1. The van der Waals surface area contributed by atoms with Crippen molar-refractivity contribution in [1.82, 2.24) is 0 Å². The number of nitrogens with zero attached hydrogens (tertiary/aromatic N) is 2. The first-order valence-corrected chi connectivity index (χ1v) is 6.25. The zero-order valence-corrected chi connectivity index (χ0v) is 11.4. The summed E-state index contributed by atoms with van der Waals surface area (Å²) in [5.74, 6) is -1.28. The Balaban J connectivity index is 2.23. The van der Waals surface area contributed by atoms with E-state index in [1.807, 2.05) is 6.07 Å². The van der Waals surface area contributed by atoms with Crippen LogP contribution in [-0.2, 0) is 0 Å². The molecule has 0 fully saturated rings. The number of benzene rings is 2. The van der Waals surface area contributed by atoms with Crippen molar-refractivity contribution in [3.63, 3.8) is 0 Å². The Bertz CT molecular complexity index is 722. The second-order valence-corrected chi connectivity index (χ2v) is 4.57. The van der Waals surface area contributed by atoms with Crippen molar-refractivity contribution in [2.45, 2.75) is 0 Å². The van der Waals surface area contributed by atoms with Gasteiger partial charge in [0.05, 0.1) is 23.4 Å². The number of carbonyl (C=O) groups is 1. The van der Waals surface area contributed by atoms with Crippen molar-refractivity contribution >= 4 is 11.5 Å². The van der Waals surface area contributed by atoms with Gasteiger partial charge in [-0.25, -0.2) is 4.39 Å². The van der Waals surface area contributed by atoms with Crippen molar-refractivity contribution in [3.8, 4) is 11.8 Å². The molecule has 0 aliphatic rings. The summed E-state index contributed by atoms with van der Waals surface area (Å²) in [6.07, 6.45) is 0. The van der Waals surface area contributed by atoms with E-state index in [0.717, 1.165) is 18.2 Å². The predicted molar refractivity (Wildman–Crippen MR) is 76.8 cm³/mol. The van der Waals surface area contributed by atoms with E-state index < -0.39 is 11.6 Å². The summed E-state index contributed by atoms with van der Waals surface area (Å²) in [5, 5.41) is 18.7. The first kappa shape index (κ1) is 14.5. The van der Waals surface area contributed by atoms with Crippen LogP contribution in [0.1, 0.15) is 15.9 Å². The van der Waals surface area contributed by atoms with E-state index in [4.69, 9.17) is 5.26 Å². The number of Topliss-reactive ketones (excluding diaryl/α,β-unsaturated/α-hetero) is 1. The molecule has 0 saturated carbocycles. The van der Waals surface area contributed by atoms with Crippen LogP contribution in [0.15, 0.2) is 42.5 Å². The zero-order chi connectivity index (χ0) is 15.4. The topological polar surface area (TPSA) is 64.3 Å². The maximum Gasteiger partial charge on any atom is 0.185 e. The quantitative estimate of drug-likeness (QED) is 0.877. The van der Waals surface area contributed by atoms with Crippen molar-refractivity contribution in [2.24, 2.45) is 0 Å². The summed E-state index contributed by atoms with van der Waals surface area (Å²) in [6.45, 7) is -0.0737. The van der Waals surface area contributed by atoms with Crippen LogP contribution in [0, 0.1) is 17.1 Å². The van der Waals surface area contributed by atoms with Crippen LogP contribution in [-0.4, -0.2) is 24.5 Å². The molecule has 0 heterocycles. The largest absolute Gasteiger partial charge is 0.507 e. The minimum atomic E-state index is -0.587. The highest BCUT2D eigenvalue weighted by Gasteiger charge is 2.16. The second kappa shape index (κ2) is 6.06. The molecule has 0 aliphatic heterocycles. The zero-order valence-electron chi connectivity index (χ0n) is 11.4. The number of carbonyl (C=O) groups excluding carboxylic acids is 1. The second-order valence-electron chi connectivity index (χ2n) is 4.57. The van der Waals surface area contributed by atoms with Gasteiger partial charge in [0.15, 0.2) is 5.78 Å². The van der Waals surface area contributed by atoms with Gasteiger partial charge in [-0.3, -0.25) is 4.79 Å². The third-order valence-corrected chi connectivity index (χ3v) is 3.08. The molecular formula is C16H13FN2O2. The molecule has 2 aromatic rings. The maximum atomic E-state index is 13.2. The average molecular weight is 284 g/mol. The molecule has 2 rings (SSSR count). The molecule has 0 atom stereocenters. The fourth-order valence-electron chi connectivity index (χ4n) is 2.02. The van der Waals surface area contributed by atoms with Gasteiger partial charge in [-0.05, 0) is 30.3 Å². The van der Waals surface area contributed by atoms with E-state index in [-0.39, 0.29) is 17.9 Å². The molecule has 0 amide bonds. The van der Waals surface area contributed by atoms with Crippen LogP contribution >= 0.6 is 0 Å². The fourth-order valence-corrected chi connectivity index (χ4v) is 2.02. The van der Waals surface area contributed by atoms with Gasteiger partial charge in [0.2, 0.25) is 0 Å². The van der Waals surface area contributed by atoms with Gasteiger partial charge in [0.1, 0.15) is 17.6 Å². The number of para-hydroxylation sites is 1. The summed E-state index contributed by atoms with van der Waals surface area (Å²) in [4.78, 5) is 13.7. The first-order valence-electron chi connectivity index (χ1n) is 6.25. The molecule has 0 spiro atoms. The highest BCUT2D eigenvalue weighted by atomic mass is 19.1. The van der Waals surface area contributed by atoms with E-state index in [1.165, 1.54) is 0 Å². The van der Waals surface area contributed by atoms with Crippen molar-refractivity contribution < 1.29 is 14.3 Å². The van der Waals surface area contributed by atoms with Gasteiger partial charge in [-0.15, -0.1) is 0 Å². The van der Waals surface area contributed by atoms with E-state index in [1.54, 1.807) is 36.2 Å². The molecule has 0 bridgehead atoms. The Morgan fingerprint density at radius 3 is 2.76 bits per heavy atom. The van der Waals surface area contributed by atoms with Crippen molar-refractivity contribution in [2.75, 3.05) is 18.5 Å². The van der Waals surface area contributed by atoms with Crippen LogP contribution in [0.25, 0.3) is 0 Å². The summed E-state index contributed by atoms with van der Waals surface area (Å²) < 4.78 is 13.2. The highest BCUT2D eigenvalue weighted by Crippen LogP contribution is 2.21. The Morgan fingerprint density at radius 1 is 1.33 bits per heavy atom. The third kappa shape index (κ3) is 3.18. The first-order chi connectivity index (χ1) is 10.0. The lowest BCUT2D eigenvalue weighted by molar-refractivity contribution is 0.0997. The summed E-state index contributed by atoms with van der Waals surface area (Å²) in [5.41, 5.74) is 0.969. The van der Waals surface area contributed by atoms with Crippen molar-refractivity contribution in [3.05, 3.63) is 59.4 Å². The molecule has 0 aromatic heterocycles. The van der Waals surface area contributed by atoms with E-state index in [2.05, 4.69) is 0 Å². The molecular weight excluding hydrogens is 271 g/mol. The number of phenols is 1. The van der Waals surface area contributed by atoms with Gasteiger partial charge in [0, 0.05) is 7.05 Å². The molecule has 0 saturated heterocycles. The van der Waals surface area contributed by atoms with Gasteiger partial charge < -0.3 is 10.0 Å². The van der Waals surface area contributed by atoms with Gasteiger partial charge >= 0.3 is 0 Å². The number of halogens is 1. The number of nitriles is 1. The molecule has 4 nitrogen and oxygen atoms in total. The molecule has 106 valence electrons. The fraction of sp³-hybridized carbons (Fsp3) is 0.125.